The quantitative estimate of drug-likeness (QED) is 0.802. The van der Waals surface area contributed by atoms with Crippen molar-refractivity contribution in [2.24, 2.45) is 0 Å². The van der Waals surface area contributed by atoms with Gasteiger partial charge < -0.3 is 14.6 Å². The summed E-state index contributed by atoms with van der Waals surface area (Å²) in [4.78, 5) is 3.59. The van der Waals surface area contributed by atoms with Crippen molar-refractivity contribution >= 4 is 11.3 Å². The van der Waals surface area contributed by atoms with Crippen molar-refractivity contribution in [1.82, 2.24) is 4.90 Å². The van der Waals surface area contributed by atoms with Crippen LogP contribution in [0.4, 0.5) is 0 Å². The van der Waals surface area contributed by atoms with Crippen molar-refractivity contribution in [2.75, 3.05) is 20.8 Å². The van der Waals surface area contributed by atoms with Gasteiger partial charge in [0.2, 0.25) is 0 Å². The predicted molar refractivity (Wildman–Crippen MR) is 94.4 cm³/mol. The van der Waals surface area contributed by atoms with E-state index >= 15 is 0 Å². The van der Waals surface area contributed by atoms with Crippen molar-refractivity contribution in [3.8, 4) is 11.5 Å². The van der Waals surface area contributed by atoms with E-state index in [1.54, 1.807) is 25.6 Å². The van der Waals surface area contributed by atoms with E-state index in [2.05, 4.69) is 23.3 Å². The Hall–Kier alpha value is -1.56. The molecule has 5 heteroatoms. The lowest BCUT2D eigenvalue weighted by atomic mass is 10.1. The number of hydrogen-bond acceptors (Lipinski definition) is 5. The molecule has 0 aliphatic rings. The van der Waals surface area contributed by atoms with Gasteiger partial charge in [-0.2, -0.15) is 0 Å². The van der Waals surface area contributed by atoms with E-state index in [4.69, 9.17) is 9.47 Å². The molecule has 2 rings (SSSR count). The number of aliphatic hydroxyl groups excluding tert-OH is 1. The highest BCUT2D eigenvalue weighted by Crippen LogP contribution is 2.28. The van der Waals surface area contributed by atoms with Crippen LogP contribution in [0.3, 0.4) is 0 Å². The molecule has 0 amide bonds. The Labute approximate surface area is 142 Å². The number of methoxy groups -OCH3 is 2. The summed E-state index contributed by atoms with van der Waals surface area (Å²) in [7, 11) is 3.28. The monoisotopic (exact) mass is 335 g/mol. The number of aliphatic hydroxyl groups is 1. The summed E-state index contributed by atoms with van der Waals surface area (Å²) < 4.78 is 10.7. The van der Waals surface area contributed by atoms with Crippen LogP contribution in [0.25, 0.3) is 0 Å². The van der Waals surface area contributed by atoms with E-state index in [0.29, 0.717) is 6.54 Å². The van der Waals surface area contributed by atoms with Crippen LogP contribution in [0.2, 0.25) is 0 Å². The number of rotatable bonds is 8. The molecule has 0 aliphatic heterocycles. The minimum absolute atomic E-state index is 0.365. The first-order valence-corrected chi connectivity index (χ1v) is 8.55. The molecular weight excluding hydrogens is 310 g/mol. The second-order valence-electron chi connectivity index (χ2n) is 5.73. The lowest BCUT2D eigenvalue weighted by Crippen LogP contribution is -2.30. The SMILES string of the molecule is COc1ccc(CN(Cc2sccc2C)C[C@H](C)O)cc1OC. The van der Waals surface area contributed by atoms with E-state index in [0.717, 1.165) is 30.2 Å². The normalized spacial score (nSPS) is 12.4. The van der Waals surface area contributed by atoms with Gasteiger partial charge in [0, 0.05) is 24.5 Å². The zero-order chi connectivity index (χ0) is 16.8. The number of hydrogen-bond donors (Lipinski definition) is 1. The van der Waals surface area contributed by atoms with Crippen LogP contribution in [-0.4, -0.2) is 36.9 Å². The first-order valence-electron chi connectivity index (χ1n) is 7.67. The Bertz CT molecular complexity index is 624. The van der Waals surface area contributed by atoms with Gasteiger partial charge in [-0.05, 0) is 48.6 Å². The van der Waals surface area contributed by atoms with Crippen LogP contribution in [0.15, 0.2) is 29.6 Å². The predicted octanol–water partition coefficient (Wildman–Crippen LogP) is 3.46. The molecule has 1 aromatic carbocycles. The fourth-order valence-electron chi connectivity index (χ4n) is 2.57. The molecule has 1 atom stereocenters. The van der Waals surface area contributed by atoms with E-state index in [9.17, 15) is 5.11 Å². The molecule has 23 heavy (non-hydrogen) atoms. The topological polar surface area (TPSA) is 41.9 Å². The van der Waals surface area contributed by atoms with Gasteiger partial charge in [0.15, 0.2) is 11.5 Å². The average molecular weight is 335 g/mol. The van der Waals surface area contributed by atoms with Crippen LogP contribution in [0, 0.1) is 6.92 Å². The summed E-state index contributed by atoms with van der Waals surface area (Å²) >= 11 is 1.76. The summed E-state index contributed by atoms with van der Waals surface area (Å²) in [5, 5.41) is 11.9. The highest BCUT2D eigenvalue weighted by Gasteiger charge is 2.13. The molecule has 0 saturated heterocycles. The van der Waals surface area contributed by atoms with Crippen LogP contribution < -0.4 is 9.47 Å². The molecule has 0 radical (unpaired) electrons. The van der Waals surface area contributed by atoms with Gasteiger partial charge in [-0.25, -0.2) is 0 Å². The highest BCUT2D eigenvalue weighted by atomic mass is 32.1. The third kappa shape index (κ3) is 4.96. The molecule has 0 spiro atoms. The van der Waals surface area contributed by atoms with Crippen LogP contribution in [0.1, 0.15) is 22.9 Å². The molecule has 0 bridgehead atoms. The summed E-state index contributed by atoms with van der Waals surface area (Å²) in [6.07, 6.45) is -0.365. The molecular formula is C18H25NO3S. The Morgan fingerprint density at radius 1 is 1.13 bits per heavy atom. The minimum Gasteiger partial charge on any atom is -0.493 e. The van der Waals surface area contributed by atoms with Gasteiger partial charge in [0.05, 0.1) is 20.3 Å². The van der Waals surface area contributed by atoms with E-state index in [1.807, 2.05) is 25.1 Å². The van der Waals surface area contributed by atoms with Crippen LogP contribution >= 0.6 is 11.3 Å². The number of nitrogens with zero attached hydrogens (tertiary/aromatic N) is 1. The number of ether oxygens (including phenoxy) is 2. The molecule has 1 N–H and O–H groups in total. The Morgan fingerprint density at radius 3 is 2.43 bits per heavy atom. The molecule has 1 aromatic heterocycles. The van der Waals surface area contributed by atoms with Gasteiger partial charge in [-0.15, -0.1) is 11.3 Å². The molecule has 0 fully saturated rings. The molecule has 0 saturated carbocycles. The average Bonchev–Trinajstić information content (AvgIpc) is 2.91. The minimum atomic E-state index is -0.365. The fourth-order valence-corrected chi connectivity index (χ4v) is 3.51. The van der Waals surface area contributed by atoms with Gasteiger partial charge in [0.25, 0.3) is 0 Å². The molecule has 0 aliphatic carbocycles. The Morgan fingerprint density at radius 2 is 1.87 bits per heavy atom. The van der Waals surface area contributed by atoms with Crippen LogP contribution in [-0.2, 0) is 13.1 Å². The zero-order valence-electron chi connectivity index (χ0n) is 14.2. The van der Waals surface area contributed by atoms with Gasteiger partial charge in [-0.1, -0.05) is 6.07 Å². The second kappa shape index (κ2) is 8.34. The van der Waals surface area contributed by atoms with Crippen molar-refractivity contribution in [3.63, 3.8) is 0 Å². The van der Waals surface area contributed by atoms with Crippen molar-refractivity contribution < 1.29 is 14.6 Å². The largest absolute Gasteiger partial charge is 0.493 e. The first-order chi connectivity index (χ1) is 11.0. The fraction of sp³-hybridized carbons (Fsp3) is 0.444. The summed E-state index contributed by atoms with van der Waals surface area (Å²) in [6, 6.07) is 8.09. The summed E-state index contributed by atoms with van der Waals surface area (Å²) in [5.41, 5.74) is 2.44. The lowest BCUT2D eigenvalue weighted by molar-refractivity contribution is 0.118. The highest BCUT2D eigenvalue weighted by molar-refractivity contribution is 7.10. The first kappa shape index (κ1) is 17.8. The van der Waals surface area contributed by atoms with Crippen LogP contribution in [0.5, 0.6) is 11.5 Å². The van der Waals surface area contributed by atoms with E-state index in [-0.39, 0.29) is 6.10 Å². The maximum atomic E-state index is 9.80. The maximum Gasteiger partial charge on any atom is 0.161 e. The molecule has 1 heterocycles. The number of thiophene rings is 1. The zero-order valence-corrected chi connectivity index (χ0v) is 15.0. The Kier molecular flexibility index (Phi) is 6.45. The molecule has 4 nitrogen and oxygen atoms in total. The summed E-state index contributed by atoms with van der Waals surface area (Å²) in [6.45, 7) is 6.17. The standard InChI is InChI=1S/C18H25NO3S/c1-13-7-8-23-18(13)12-19(10-14(2)20)11-15-5-6-16(21-3)17(9-15)22-4/h5-9,14,20H,10-12H2,1-4H3/t14-/m0/s1. The van der Waals surface area contributed by atoms with Gasteiger partial charge in [0.1, 0.15) is 0 Å². The van der Waals surface area contributed by atoms with E-state index in [1.165, 1.54) is 10.4 Å². The molecule has 2 aromatic rings. The number of aryl methyl sites for hydroxylation is 1. The van der Waals surface area contributed by atoms with E-state index < -0.39 is 0 Å². The molecule has 126 valence electrons. The summed E-state index contributed by atoms with van der Waals surface area (Å²) in [5.74, 6) is 1.46. The Balaban J connectivity index is 2.15. The van der Waals surface area contributed by atoms with Crippen molar-refractivity contribution in [3.05, 3.63) is 45.6 Å². The smallest absolute Gasteiger partial charge is 0.161 e. The lowest BCUT2D eigenvalue weighted by Gasteiger charge is -2.24. The van der Waals surface area contributed by atoms with Crippen molar-refractivity contribution in [2.45, 2.75) is 33.0 Å². The second-order valence-corrected chi connectivity index (χ2v) is 6.74. The molecule has 0 unspecified atom stereocenters. The van der Waals surface area contributed by atoms with Crippen molar-refractivity contribution in [1.29, 1.82) is 0 Å². The van der Waals surface area contributed by atoms with Gasteiger partial charge in [-0.3, -0.25) is 4.90 Å². The third-order valence-corrected chi connectivity index (χ3v) is 4.72. The number of benzene rings is 1. The maximum absolute atomic E-state index is 9.80. The third-order valence-electron chi connectivity index (χ3n) is 3.71. The van der Waals surface area contributed by atoms with Gasteiger partial charge >= 0.3 is 0 Å².